The minimum Gasteiger partial charge on any atom is -0.486 e. The minimum absolute atomic E-state index is 0.145. The molecule has 10 heteroatoms. The van der Waals surface area contributed by atoms with E-state index in [1.165, 1.54) is 47.1 Å². The fourth-order valence-corrected chi connectivity index (χ4v) is 4.86. The first-order valence-corrected chi connectivity index (χ1v) is 11.8. The molecule has 4 rings (SSSR count). The highest BCUT2D eigenvalue weighted by atomic mass is 32.2. The molecule has 0 fully saturated rings. The normalized spacial score (nSPS) is 13.1. The molecular formula is C20H24N6O2S2. The van der Waals surface area contributed by atoms with E-state index in [0.29, 0.717) is 23.4 Å². The van der Waals surface area contributed by atoms with Crippen LogP contribution in [0.1, 0.15) is 41.7 Å². The van der Waals surface area contributed by atoms with Crippen molar-refractivity contribution in [2.45, 2.75) is 57.8 Å². The molecule has 1 aliphatic rings. The second kappa shape index (κ2) is 9.57. The van der Waals surface area contributed by atoms with Gasteiger partial charge < -0.3 is 9.30 Å². The van der Waals surface area contributed by atoms with Crippen molar-refractivity contribution >= 4 is 34.1 Å². The number of carbonyl (C=O) groups is 1. The Hall–Kier alpha value is -2.46. The minimum atomic E-state index is -0.145. The monoisotopic (exact) mass is 444 g/mol. The Morgan fingerprint density at radius 2 is 2.03 bits per heavy atom. The molecular weight excluding hydrogens is 420 g/mol. The molecule has 0 saturated carbocycles. The Labute approximate surface area is 183 Å². The number of thioether (sulfide) groups is 1. The van der Waals surface area contributed by atoms with E-state index in [0.717, 1.165) is 29.4 Å². The molecule has 158 valence electrons. The summed E-state index contributed by atoms with van der Waals surface area (Å²) in [6, 6.07) is 6.36. The lowest BCUT2D eigenvalue weighted by Gasteiger charge is -2.16. The van der Waals surface area contributed by atoms with Gasteiger partial charge in [0.25, 0.3) is 0 Å². The van der Waals surface area contributed by atoms with E-state index in [1.54, 1.807) is 0 Å². The largest absolute Gasteiger partial charge is 0.486 e. The number of rotatable bonds is 8. The molecule has 8 nitrogen and oxygen atoms in total. The summed E-state index contributed by atoms with van der Waals surface area (Å²) in [5.41, 5.74) is 2.83. The van der Waals surface area contributed by atoms with Crippen molar-refractivity contribution in [2.75, 3.05) is 11.1 Å². The Morgan fingerprint density at radius 3 is 2.80 bits per heavy atom. The van der Waals surface area contributed by atoms with Crippen molar-refractivity contribution < 1.29 is 9.53 Å². The summed E-state index contributed by atoms with van der Waals surface area (Å²) >= 11 is 2.69. The fraction of sp³-hybridized carbons (Fsp3) is 0.450. The van der Waals surface area contributed by atoms with Crippen LogP contribution < -0.4 is 10.1 Å². The molecule has 1 N–H and O–H groups in total. The molecule has 0 saturated heterocycles. The van der Waals surface area contributed by atoms with Crippen LogP contribution in [0.4, 0.5) is 5.13 Å². The molecule has 3 aromatic rings. The lowest BCUT2D eigenvalue weighted by atomic mass is 9.92. The van der Waals surface area contributed by atoms with Crippen LogP contribution in [0.5, 0.6) is 5.75 Å². The Balaban J connectivity index is 1.34. The Morgan fingerprint density at radius 1 is 1.20 bits per heavy atom. The van der Waals surface area contributed by atoms with Crippen molar-refractivity contribution in [1.29, 1.82) is 0 Å². The summed E-state index contributed by atoms with van der Waals surface area (Å²) in [7, 11) is 0. The van der Waals surface area contributed by atoms with Gasteiger partial charge in [0.05, 0.1) is 5.75 Å². The van der Waals surface area contributed by atoms with Gasteiger partial charge in [0.1, 0.15) is 17.4 Å². The van der Waals surface area contributed by atoms with E-state index >= 15 is 0 Å². The van der Waals surface area contributed by atoms with Crippen LogP contribution >= 0.6 is 23.1 Å². The van der Waals surface area contributed by atoms with Crippen molar-refractivity contribution in [3.8, 4) is 5.75 Å². The van der Waals surface area contributed by atoms with Gasteiger partial charge in [0.15, 0.2) is 11.0 Å². The zero-order valence-electron chi connectivity index (χ0n) is 17.1. The second-order valence-corrected chi connectivity index (χ2v) is 9.16. The molecule has 0 spiro atoms. The number of anilines is 1. The average Bonchev–Trinajstić information content (AvgIpc) is 3.35. The Bertz CT molecular complexity index is 1030. The zero-order valence-corrected chi connectivity index (χ0v) is 18.7. The molecule has 1 aromatic carbocycles. The fourth-order valence-electron chi connectivity index (χ4n) is 3.43. The lowest BCUT2D eigenvalue weighted by Crippen LogP contribution is -2.14. The van der Waals surface area contributed by atoms with E-state index in [1.807, 2.05) is 24.5 Å². The van der Waals surface area contributed by atoms with E-state index < -0.39 is 0 Å². The molecule has 2 heterocycles. The van der Waals surface area contributed by atoms with Crippen LogP contribution in [0.2, 0.25) is 0 Å². The lowest BCUT2D eigenvalue weighted by molar-refractivity contribution is -0.113. The van der Waals surface area contributed by atoms with Crippen LogP contribution in [0.15, 0.2) is 23.4 Å². The van der Waals surface area contributed by atoms with Gasteiger partial charge in [-0.25, -0.2) is 0 Å². The first-order chi connectivity index (χ1) is 14.6. The smallest absolute Gasteiger partial charge is 0.236 e. The van der Waals surface area contributed by atoms with Gasteiger partial charge in [0.2, 0.25) is 11.0 Å². The highest BCUT2D eigenvalue weighted by Crippen LogP contribution is 2.26. The summed E-state index contributed by atoms with van der Waals surface area (Å²) in [6.07, 6.45) is 4.79. The van der Waals surface area contributed by atoms with Gasteiger partial charge in [-0.05, 0) is 62.8 Å². The van der Waals surface area contributed by atoms with Gasteiger partial charge >= 0.3 is 0 Å². The maximum absolute atomic E-state index is 12.2. The highest BCUT2D eigenvalue weighted by Gasteiger charge is 2.15. The van der Waals surface area contributed by atoms with Crippen molar-refractivity contribution in [3.05, 3.63) is 40.2 Å². The van der Waals surface area contributed by atoms with E-state index in [4.69, 9.17) is 4.74 Å². The SMILES string of the molecule is CCn1c(COc2ccc3c(c2)CCCC3)nnc1SCC(=O)Nc1nnc(C)s1. The number of nitrogens with one attached hydrogen (secondary N) is 1. The van der Waals surface area contributed by atoms with Crippen LogP contribution in [0.25, 0.3) is 0 Å². The van der Waals surface area contributed by atoms with Gasteiger partial charge in [-0.2, -0.15) is 0 Å². The van der Waals surface area contributed by atoms with E-state index in [9.17, 15) is 4.79 Å². The Kier molecular flexibility index (Phi) is 6.63. The number of ether oxygens (including phenoxy) is 1. The third-order valence-corrected chi connectivity index (χ3v) is 6.62. The molecule has 1 aliphatic carbocycles. The number of nitrogens with zero attached hydrogens (tertiary/aromatic N) is 5. The third kappa shape index (κ3) is 4.99. The molecule has 0 aliphatic heterocycles. The summed E-state index contributed by atoms with van der Waals surface area (Å²) in [5, 5.41) is 21.1. The molecule has 0 unspecified atom stereocenters. The summed E-state index contributed by atoms with van der Waals surface area (Å²) < 4.78 is 7.97. The molecule has 0 bridgehead atoms. The summed E-state index contributed by atoms with van der Waals surface area (Å²) in [5.74, 6) is 1.69. The van der Waals surface area contributed by atoms with Crippen LogP contribution in [0.3, 0.4) is 0 Å². The van der Waals surface area contributed by atoms with Crippen molar-refractivity contribution in [1.82, 2.24) is 25.0 Å². The first-order valence-electron chi connectivity index (χ1n) is 10.0. The summed E-state index contributed by atoms with van der Waals surface area (Å²) in [6.45, 7) is 4.92. The van der Waals surface area contributed by atoms with Gasteiger partial charge in [0, 0.05) is 6.54 Å². The van der Waals surface area contributed by atoms with Gasteiger partial charge in [-0.3, -0.25) is 10.1 Å². The van der Waals surface area contributed by atoms with Crippen LogP contribution in [-0.2, 0) is 30.8 Å². The topological polar surface area (TPSA) is 94.8 Å². The molecule has 30 heavy (non-hydrogen) atoms. The molecule has 0 atom stereocenters. The van der Waals surface area contributed by atoms with Crippen LogP contribution in [-0.4, -0.2) is 36.6 Å². The molecule has 0 radical (unpaired) electrons. The predicted molar refractivity (Wildman–Crippen MR) is 117 cm³/mol. The third-order valence-electron chi connectivity index (χ3n) is 4.90. The summed E-state index contributed by atoms with van der Waals surface area (Å²) in [4.78, 5) is 12.2. The first kappa shape index (κ1) is 20.8. The van der Waals surface area contributed by atoms with Crippen molar-refractivity contribution in [2.24, 2.45) is 0 Å². The molecule has 1 amide bonds. The number of hydrogen-bond acceptors (Lipinski definition) is 8. The zero-order chi connectivity index (χ0) is 20.9. The molecule has 2 aromatic heterocycles. The average molecular weight is 445 g/mol. The maximum atomic E-state index is 12.2. The standard InChI is InChI=1S/C20H24N6O2S2/c1-3-26-17(11-28-16-9-8-14-6-4-5-7-15(14)10-16)23-25-20(26)29-12-18(27)21-19-24-22-13(2)30-19/h8-10H,3-7,11-12H2,1-2H3,(H,21,24,27). The number of amides is 1. The second-order valence-electron chi connectivity index (χ2n) is 7.03. The van der Waals surface area contributed by atoms with Gasteiger partial charge in [-0.1, -0.05) is 29.2 Å². The number of fused-ring (bicyclic) bond motifs is 1. The van der Waals surface area contributed by atoms with E-state index in [-0.39, 0.29) is 11.7 Å². The highest BCUT2D eigenvalue weighted by molar-refractivity contribution is 7.99. The van der Waals surface area contributed by atoms with Gasteiger partial charge in [-0.15, -0.1) is 20.4 Å². The number of carbonyl (C=O) groups excluding carboxylic acids is 1. The number of hydrogen-bond donors (Lipinski definition) is 1. The van der Waals surface area contributed by atoms with Crippen molar-refractivity contribution in [3.63, 3.8) is 0 Å². The van der Waals surface area contributed by atoms with Crippen LogP contribution in [0, 0.1) is 6.92 Å². The quantitative estimate of drug-likeness (QED) is 0.530. The number of benzene rings is 1. The van der Waals surface area contributed by atoms with E-state index in [2.05, 4.69) is 37.8 Å². The number of aromatic nitrogens is 5. The predicted octanol–water partition coefficient (Wildman–Crippen LogP) is 3.65. The number of aryl methyl sites for hydroxylation is 3. The maximum Gasteiger partial charge on any atom is 0.236 e.